The normalized spacial score (nSPS) is 13.3. The lowest BCUT2D eigenvalue weighted by Gasteiger charge is -2.27. The van der Waals surface area contributed by atoms with Crippen LogP contribution in [0.4, 0.5) is 14.5 Å². The molecule has 7 nitrogen and oxygen atoms in total. The van der Waals surface area contributed by atoms with Gasteiger partial charge in [-0.2, -0.15) is 5.10 Å². The van der Waals surface area contributed by atoms with E-state index in [-0.39, 0.29) is 18.0 Å². The van der Waals surface area contributed by atoms with Crippen molar-refractivity contribution in [2.24, 2.45) is 0 Å². The van der Waals surface area contributed by atoms with Crippen LogP contribution in [0.3, 0.4) is 0 Å². The van der Waals surface area contributed by atoms with Gasteiger partial charge in [0, 0.05) is 25.2 Å². The van der Waals surface area contributed by atoms with Gasteiger partial charge < -0.3 is 9.64 Å². The van der Waals surface area contributed by atoms with Gasteiger partial charge in [-0.25, -0.2) is 13.5 Å². The maximum Gasteiger partial charge on any atom is 0.310 e. The van der Waals surface area contributed by atoms with E-state index in [9.17, 15) is 18.4 Å². The Morgan fingerprint density at radius 2 is 1.86 bits per heavy atom. The predicted molar refractivity (Wildman–Crippen MR) is 98.8 cm³/mol. The number of fused-ring (bicyclic) bond motifs is 1. The first-order chi connectivity index (χ1) is 14.0. The topological polar surface area (TPSA) is 77.3 Å². The van der Waals surface area contributed by atoms with Crippen LogP contribution in [-0.2, 0) is 22.4 Å². The fourth-order valence-corrected chi connectivity index (χ4v) is 3.35. The molecule has 0 unspecified atom stereocenters. The standard InChI is InChI=1S/C20H16F2N4O3/c1-29-19(27)5-12-4-16(10-23-9-12)25-3-2-18-17(20(25)28)11-24-26(18)15-7-13(21)6-14(22)8-15/h4,6-11H,2-3,5H2,1H3. The predicted octanol–water partition coefficient (Wildman–Crippen LogP) is 2.46. The Bertz CT molecular complexity index is 1090. The van der Waals surface area contributed by atoms with Gasteiger partial charge in [0.1, 0.15) is 11.6 Å². The molecular formula is C20H16F2N4O3. The van der Waals surface area contributed by atoms with E-state index in [1.165, 1.54) is 35.3 Å². The van der Waals surface area contributed by atoms with E-state index in [1.54, 1.807) is 6.07 Å². The summed E-state index contributed by atoms with van der Waals surface area (Å²) in [4.78, 5) is 30.1. The number of methoxy groups -OCH3 is 1. The Labute approximate surface area is 164 Å². The zero-order chi connectivity index (χ0) is 20.5. The van der Waals surface area contributed by atoms with Gasteiger partial charge in [0.05, 0.1) is 48.6 Å². The maximum atomic E-state index is 13.6. The number of benzene rings is 1. The molecule has 0 aliphatic carbocycles. The lowest BCUT2D eigenvalue weighted by Crippen LogP contribution is -2.38. The van der Waals surface area contributed by atoms with Crippen LogP contribution in [0, 0.1) is 11.6 Å². The molecule has 0 radical (unpaired) electrons. The van der Waals surface area contributed by atoms with Crippen molar-refractivity contribution in [3.8, 4) is 5.69 Å². The van der Waals surface area contributed by atoms with E-state index in [0.29, 0.717) is 35.5 Å². The molecular weight excluding hydrogens is 382 g/mol. The van der Waals surface area contributed by atoms with Crippen molar-refractivity contribution in [1.29, 1.82) is 0 Å². The second-order valence-corrected chi connectivity index (χ2v) is 6.56. The van der Waals surface area contributed by atoms with Gasteiger partial charge in [0.15, 0.2) is 0 Å². The third kappa shape index (κ3) is 3.58. The number of amides is 1. The highest BCUT2D eigenvalue weighted by Gasteiger charge is 2.30. The molecule has 0 fully saturated rings. The summed E-state index contributed by atoms with van der Waals surface area (Å²) in [6.07, 6.45) is 4.94. The summed E-state index contributed by atoms with van der Waals surface area (Å²) in [5.74, 6) is -2.14. The monoisotopic (exact) mass is 398 g/mol. The molecule has 1 aliphatic rings. The summed E-state index contributed by atoms with van der Waals surface area (Å²) in [6.45, 7) is 0.332. The second-order valence-electron chi connectivity index (χ2n) is 6.56. The first-order valence-electron chi connectivity index (χ1n) is 8.82. The minimum Gasteiger partial charge on any atom is -0.469 e. The minimum atomic E-state index is -0.721. The zero-order valence-corrected chi connectivity index (χ0v) is 15.4. The van der Waals surface area contributed by atoms with E-state index in [2.05, 4.69) is 14.8 Å². The minimum absolute atomic E-state index is 0.0493. The summed E-state index contributed by atoms with van der Waals surface area (Å²) < 4.78 is 33.2. The first-order valence-corrected chi connectivity index (χ1v) is 8.82. The van der Waals surface area contributed by atoms with E-state index in [4.69, 9.17) is 0 Å². The Hall–Kier alpha value is -3.62. The van der Waals surface area contributed by atoms with E-state index in [1.807, 2.05) is 0 Å². The Morgan fingerprint density at radius 1 is 1.10 bits per heavy atom. The number of aromatic nitrogens is 3. The number of hydrogen-bond donors (Lipinski definition) is 0. The van der Waals surface area contributed by atoms with Crippen LogP contribution < -0.4 is 4.90 Å². The average molecular weight is 398 g/mol. The number of esters is 1. The fourth-order valence-electron chi connectivity index (χ4n) is 3.35. The van der Waals surface area contributed by atoms with Crippen LogP contribution in [0.25, 0.3) is 5.69 Å². The largest absolute Gasteiger partial charge is 0.469 e. The van der Waals surface area contributed by atoms with Gasteiger partial charge in [0.2, 0.25) is 0 Å². The van der Waals surface area contributed by atoms with Gasteiger partial charge in [-0.1, -0.05) is 0 Å². The van der Waals surface area contributed by atoms with Crippen molar-refractivity contribution in [3.05, 3.63) is 71.3 Å². The smallest absolute Gasteiger partial charge is 0.310 e. The van der Waals surface area contributed by atoms with Crippen LogP contribution in [0.15, 0.2) is 42.9 Å². The summed E-state index contributed by atoms with van der Waals surface area (Å²) in [5.41, 5.74) is 2.31. The molecule has 0 bridgehead atoms. The Balaban J connectivity index is 1.64. The molecule has 0 saturated heterocycles. The summed E-state index contributed by atoms with van der Waals surface area (Å²) in [7, 11) is 1.30. The molecule has 4 rings (SSSR count). The molecule has 3 heterocycles. The molecule has 148 valence electrons. The molecule has 3 aromatic rings. The molecule has 29 heavy (non-hydrogen) atoms. The molecule has 0 saturated carbocycles. The zero-order valence-electron chi connectivity index (χ0n) is 15.4. The van der Waals surface area contributed by atoms with Crippen LogP contribution in [0.5, 0.6) is 0 Å². The average Bonchev–Trinajstić information content (AvgIpc) is 3.13. The molecule has 0 spiro atoms. The number of rotatable bonds is 4. The second kappa shape index (κ2) is 7.42. The first kappa shape index (κ1) is 18.7. The maximum absolute atomic E-state index is 13.6. The number of hydrogen-bond acceptors (Lipinski definition) is 5. The number of carbonyl (C=O) groups is 2. The van der Waals surface area contributed by atoms with Crippen molar-refractivity contribution in [2.75, 3.05) is 18.6 Å². The van der Waals surface area contributed by atoms with Crippen molar-refractivity contribution in [3.63, 3.8) is 0 Å². The molecule has 1 amide bonds. The van der Waals surface area contributed by atoms with Crippen LogP contribution in [0.2, 0.25) is 0 Å². The number of nitrogens with zero attached hydrogens (tertiary/aromatic N) is 4. The molecule has 2 aromatic heterocycles. The molecule has 9 heteroatoms. The summed E-state index contributed by atoms with van der Waals surface area (Å²) in [5, 5.41) is 4.16. The number of anilines is 1. The van der Waals surface area contributed by atoms with Crippen LogP contribution >= 0.6 is 0 Å². The van der Waals surface area contributed by atoms with Gasteiger partial charge >= 0.3 is 5.97 Å². The quantitative estimate of drug-likeness (QED) is 0.631. The Kier molecular flexibility index (Phi) is 4.79. The third-order valence-corrected chi connectivity index (χ3v) is 4.68. The van der Waals surface area contributed by atoms with Crippen molar-refractivity contribution in [1.82, 2.24) is 14.8 Å². The lowest BCUT2D eigenvalue weighted by molar-refractivity contribution is -0.139. The van der Waals surface area contributed by atoms with Gasteiger partial charge in [-0.15, -0.1) is 0 Å². The van der Waals surface area contributed by atoms with E-state index in [0.717, 1.165) is 18.2 Å². The van der Waals surface area contributed by atoms with Crippen molar-refractivity contribution in [2.45, 2.75) is 12.8 Å². The van der Waals surface area contributed by atoms with Crippen LogP contribution in [-0.4, -0.2) is 40.3 Å². The molecule has 1 aromatic carbocycles. The van der Waals surface area contributed by atoms with Crippen molar-refractivity contribution >= 4 is 17.6 Å². The summed E-state index contributed by atoms with van der Waals surface area (Å²) in [6, 6.07) is 4.81. The van der Waals surface area contributed by atoms with E-state index >= 15 is 0 Å². The fraction of sp³-hybridized carbons (Fsp3) is 0.200. The number of pyridine rings is 1. The summed E-state index contributed by atoms with van der Waals surface area (Å²) >= 11 is 0. The highest BCUT2D eigenvalue weighted by atomic mass is 19.1. The van der Waals surface area contributed by atoms with E-state index < -0.39 is 17.6 Å². The number of carbonyl (C=O) groups excluding carboxylic acids is 2. The highest BCUT2D eigenvalue weighted by Crippen LogP contribution is 2.27. The van der Waals surface area contributed by atoms with Crippen molar-refractivity contribution < 1.29 is 23.1 Å². The highest BCUT2D eigenvalue weighted by molar-refractivity contribution is 6.07. The van der Waals surface area contributed by atoms with Gasteiger partial charge in [-0.3, -0.25) is 14.6 Å². The SMILES string of the molecule is COC(=O)Cc1cncc(N2CCc3c(cnn3-c3cc(F)cc(F)c3)C2=O)c1. The van der Waals surface area contributed by atoms with Crippen LogP contribution in [0.1, 0.15) is 21.6 Å². The Morgan fingerprint density at radius 3 is 2.59 bits per heavy atom. The molecule has 1 aliphatic heterocycles. The van der Waals surface area contributed by atoms with Gasteiger partial charge in [-0.05, 0) is 23.8 Å². The van der Waals surface area contributed by atoms with Gasteiger partial charge in [0.25, 0.3) is 5.91 Å². The lowest BCUT2D eigenvalue weighted by atomic mass is 10.1. The third-order valence-electron chi connectivity index (χ3n) is 4.68. The molecule has 0 N–H and O–H groups in total. The number of ether oxygens (including phenoxy) is 1. The molecule has 0 atom stereocenters. The number of halogens is 2.